The lowest BCUT2D eigenvalue weighted by atomic mass is 10.2. The van der Waals surface area contributed by atoms with Gasteiger partial charge in [-0.3, -0.25) is 9.59 Å². The van der Waals surface area contributed by atoms with Crippen LogP contribution < -0.4 is 20.7 Å². The van der Waals surface area contributed by atoms with Crippen molar-refractivity contribution in [2.75, 3.05) is 22.5 Å². The Hall–Kier alpha value is -3.02. The predicted molar refractivity (Wildman–Crippen MR) is 100 cm³/mol. The average Bonchev–Trinajstić information content (AvgIpc) is 2.53. The van der Waals surface area contributed by atoms with Crippen molar-refractivity contribution in [1.29, 1.82) is 0 Å². The highest BCUT2D eigenvalue weighted by Crippen LogP contribution is 2.17. The lowest BCUT2D eigenvalue weighted by Crippen LogP contribution is -2.21. The normalized spacial score (nSPS) is 10.2. The highest BCUT2D eigenvalue weighted by molar-refractivity contribution is 5.95. The van der Waals surface area contributed by atoms with Gasteiger partial charge in [0, 0.05) is 24.0 Å². The van der Waals surface area contributed by atoms with Crippen LogP contribution in [0.5, 0.6) is 5.75 Å². The van der Waals surface area contributed by atoms with Crippen molar-refractivity contribution in [3.63, 3.8) is 0 Å². The second-order valence-electron chi connectivity index (χ2n) is 5.85. The first kappa shape index (κ1) is 18.3. The van der Waals surface area contributed by atoms with Crippen LogP contribution in [0.25, 0.3) is 0 Å². The zero-order valence-electron chi connectivity index (χ0n) is 14.6. The summed E-state index contributed by atoms with van der Waals surface area (Å²) in [4.78, 5) is 23.1. The molecule has 6 nitrogen and oxygen atoms in total. The molecular formula is C19H23N3O3. The molecule has 3 N–H and O–H groups in total. The number of benzene rings is 2. The zero-order valence-corrected chi connectivity index (χ0v) is 14.6. The van der Waals surface area contributed by atoms with Crippen molar-refractivity contribution in [3.8, 4) is 5.75 Å². The highest BCUT2D eigenvalue weighted by Gasteiger charge is 2.04. The Kier molecular flexibility index (Phi) is 6.39. The van der Waals surface area contributed by atoms with Crippen LogP contribution in [0.4, 0.5) is 17.1 Å². The van der Waals surface area contributed by atoms with E-state index in [9.17, 15) is 9.59 Å². The van der Waals surface area contributed by atoms with Crippen LogP contribution in [0.15, 0.2) is 48.5 Å². The number of ether oxygens (including phenoxy) is 1. The third kappa shape index (κ3) is 6.55. The number of carbonyl (C=O) groups excluding carboxylic acids is 2. The molecule has 0 heterocycles. The summed E-state index contributed by atoms with van der Waals surface area (Å²) >= 11 is 0. The molecule has 0 saturated heterocycles. The van der Waals surface area contributed by atoms with Gasteiger partial charge in [0.05, 0.1) is 12.6 Å². The van der Waals surface area contributed by atoms with Crippen LogP contribution >= 0.6 is 0 Å². The molecule has 0 aliphatic carbocycles. The van der Waals surface area contributed by atoms with Crippen LogP contribution in [-0.4, -0.2) is 24.5 Å². The molecule has 0 aromatic heterocycles. The molecule has 0 spiro atoms. The number of nitrogens with one attached hydrogen (secondary N) is 3. The maximum absolute atomic E-state index is 12.0. The Labute approximate surface area is 147 Å². The summed E-state index contributed by atoms with van der Waals surface area (Å²) in [6, 6.07) is 14.4. The summed E-state index contributed by atoms with van der Waals surface area (Å²) in [5.74, 6) is 0.456. The number of amides is 2. The Morgan fingerprint density at radius 2 is 1.60 bits per heavy atom. The van der Waals surface area contributed by atoms with Gasteiger partial charge in [0.15, 0.2) is 0 Å². The average molecular weight is 341 g/mol. The van der Waals surface area contributed by atoms with Gasteiger partial charge in [0.1, 0.15) is 5.75 Å². The number of anilines is 3. The van der Waals surface area contributed by atoms with Gasteiger partial charge in [-0.25, -0.2) is 0 Å². The molecule has 0 atom stereocenters. The second kappa shape index (κ2) is 8.73. The third-order valence-corrected chi connectivity index (χ3v) is 3.15. The highest BCUT2D eigenvalue weighted by atomic mass is 16.5. The maximum atomic E-state index is 12.0. The molecule has 0 radical (unpaired) electrons. The van der Waals surface area contributed by atoms with Gasteiger partial charge in [-0.2, -0.15) is 0 Å². The van der Waals surface area contributed by atoms with E-state index in [2.05, 4.69) is 16.0 Å². The van der Waals surface area contributed by atoms with Crippen molar-refractivity contribution < 1.29 is 14.3 Å². The molecular weight excluding hydrogens is 318 g/mol. The Morgan fingerprint density at radius 3 is 2.20 bits per heavy atom. The van der Waals surface area contributed by atoms with Gasteiger partial charge in [0.25, 0.3) is 0 Å². The van der Waals surface area contributed by atoms with Crippen molar-refractivity contribution in [2.24, 2.45) is 0 Å². The summed E-state index contributed by atoms with van der Waals surface area (Å²) < 4.78 is 5.58. The van der Waals surface area contributed by atoms with Gasteiger partial charge in [0.2, 0.25) is 11.8 Å². The van der Waals surface area contributed by atoms with E-state index in [1.807, 2.05) is 38.1 Å². The van der Waals surface area contributed by atoms with Crippen LogP contribution in [0.2, 0.25) is 0 Å². The van der Waals surface area contributed by atoms with Crippen LogP contribution in [0.1, 0.15) is 20.8 Å². The molecule has 2 aromatic rings. The second-order valence-corrected chi connectivity index (χ2v) is 5.85. The molecule has 25 heavy (non-hydrogen) atoms. The SMILES string of the molecule is CC(=O)Nc1cccc(NC(=O)CNc2ccc(OC(C)C)cc2)c1. The lowest BCUT2D eigenvalue weighted by Gasteiger charge is -2.11. The molecule has 0 aliphatic heterocycles. The first-order valence-corrected chi connectivity index (χ1v) is 8.10. The largest absolute Gasteiger partial charge is 0.491 e. The molecule has 0 fully saturated rings. The Balaban J connectivity index is 1.85. The lowest BCUT2D eigenvalue weighted by molar-refractivity contribution is -0.115. The first-order valence-electron chi connectivity index (χ1n) is 8.10. The van der Waals surface area contributed by atoms with Crippen LogP contribution in [-0.2, 0) is 9.59 Å². The van der Waals surface area contributed by atoms with Gasteiger partial charge < -0.3 is 20.7 Å². The number of rotatable bonds is 7. The van der Waals surface area contributed by atoms with E-state index < -0.39 is 0 Å². The minimum Gasteiger partial charge on any atom is -0.491 e. The molecule has 2 rings (SSSR count). The number of hydrogen-bond donors (Lipinski definition) is 3. The van der Waals surface area contributed by atoms with E-state index in [0.29, 0.717) is 11.4 Å². The summed E-state index contributed by atoms with van der Waals surface area (Å²) in [5, 5.41) is 8.52. The van der Waals surface area contributed by atoms with Crippen molar-refractivity contribution >= 4 is 28.9 Å². The maximum Gasteiger partial charge on any atom is 0.243 e. The van der Waals surface area contributed by atoms with E-state index in [0.717, 1.165) is 11.4 Å². The smallest absolute Gasteiger partial charge is 0.243 e. The van der Waals surface area contributed by atoms with E-state index in [-0.39, 0.29) is 24.5 Å². The van der Waals surface area contributed by atoms with Gasteiger partial charge in [-0.05, 0) is 56.3 Å². The summed E-state index contributed by atoms with van der Waals surface area (Å²) in [5.41, 5.74) is 2.09. The molecule has 6 heteroatoms. The fourth-order valence-electron chi connectivity index (χ4n) is 2.19. The van der Waals surface area contributed by atoms with Crippen molar-refractivity contribution in [1.82, 2.24) is 0 Å². The third-order valence-electron chi connectivity index (χ3n) is 3.15. The topological polar surface area (TPSA) is 79.5 Å². The quantitative estimate of drug-likeness (QED) is 0.720. The Bertz CT molecular complexity index is 727. The number of carbonyl (C=O) groups is 2. The van der Waals surface area contributed by atoms with E-state index in [1.165, 1.54) is 6.92 Å². The van der Waals surface area contributed by atoms with Gasteiger partial charge in [-0.1, -0.05) is 6.07 Å². The molecule has 0 unspecified atom stereocenters. The fourth-order valence-corrected chi connectivity index (χ4v) is 2.19. The summed E-state index contributed by atoms with van der Waals surface area (Å²) in [7, 11) is 0. The van der Waals surface area contributed by atoms with E-state index in [4.69, 9.17) is 4.74 Å². The molecule has 0 saturated carbocycles. The molecule has 132 valence electrons. The van der Waals surface area contributed by atoms with Crippen molar-refractivity contribution in [2.45, 2.75) is 26.9 Å². The summed E-state index contributed by atoms with van der Waals surface area (Å²) in [6.07, 6.45) is 0.123. The van der Waals surface area contributed by atoms with Gasteiger partial charge in [-0.15, -0.1) is 0 Å². The van der Waals surface area contributed by atoms with Crippen molar-refractivity contribution in [3.05, 3.63) is 48.5 Å². The van der Waals surface area contributed by atoms with Crippen LogP contribution in [0.3, 0.4) is 0 Å². The molecule has 0 bridgehead atoms. The molecule has 0 aliphatic rings. The van der Waals surface area contributed by atoms with Gasteiger partial charge >= 0.3 is 0 Å². The minimum absolute atomic E-state index is 0.123. The first-order chi connectivity index (χ1) is 11.9. The van der Waals surface area contributed by atoms with Crippen LogP contribution in [0, 0.1) is 0 Å². The van der Waals surface area contributed by atoms with E-state index >= 15 is 0 Å². The monoisotopic (exact) mass is 341 g/mol. The number of hydrogen-bond acceptors (Lipinski definition) is 4. The molecule has 2 aromatic carbocycles. The Morgan fingerprint density at radius 1 is 0.960 bits per heavy atom. The van der Waals surface area contributed by atoms with E-state index in [1.54, 1.807) is 24.3 Å². The fraction of sp³-hybridized carbons (Fsp3) is 0.263. The molecule has 2 amide bonds. The summed E-state index contributed by atoms with van der Waals surface area (Å²) in [6.45, 7) is 5.51. The minimum atomic E-state index is -0.178. The zero-order chi connectivity index (χ0) is 18.2. The predicted octanol–water partition coefficient (Wildman–Crippen LogP) is 3.48. The standard InChI is InChI=1S/C19H23N3O3/c1-13(2)25-18-9-7-15(8-10-18)20-12-19(24)22-17-6-4-5-16(11-17)21-14(3)23/h4-11,13,20H,12H2,1-3H3,(H,21,23)(H,22,24).